The van der Waals surface area contributed by atoms with E-state index in [2.05, 4.69) is 21.0 Å². The zero-order valence-corrected chi connectivity index (χ0v) is 17.5. The van der Waals surface area contributed by atoms with Gasteiger partial charge >= 0.3 is 12.1 Å². The van der Waals surface area contributed by atoms with Crippen LogP contribution in [0.25, 0.3) is 11.3 Å². The number of nitrogens with one attached hydrogen (secondary N) is 3. The highest BCUT2D eigenvalue weighted by molar-refractivity contribution is 7.14. The molecule has 1 heterocycles. The fourth-order valence-corrected chi connectivity index (χ4v) is 3.32. The molecular weight excluding hydrogens is 402 g/mol. The fraction of sp³-hybridized carbons (Fsp3) is 0.190. The number of hydrazine groups is 1. The molecule has 0 atom stereocenters. The molecule has 3 N–H and O–H groups in total. The van der Waals surface area contributed by atoms with E-state index in [-0.39, 0.29) is 0 Å². The van der Waals surface area contributed by atoms with Gasteiger partial charge in [0.05, 0.1) is 12.8 Å². The van der Waals surface area contributed by atoms with Crippen LogP contribution in [-0.2, 0) is 0 Å². The number of carbonyl (C=O) groups is 2. The standard InChI is InChI=1S/C21H23N5O3S/c1-3-13-22-19(27)25-26(20(28)23-16-7-5-4-6-8-16)21-24-18(14-30-21)15-9-11-17(29-2)12-10-15/h4-12,14H,3,13H2,1-2H3,(H,23,28)(H2,22,25,27). The molecule has 0 aliphatic carbocycles. The number of hydrogen-bond acceptors (Lipinski definition) is 5. The summed E-state index contributed by atoms with van der Waals surface area (Å²) in [7, 11) is 1.61. The van der Waals surface area contributed by atoms with E-state index in [4.69, 9.17) is 4.74 Å². The number of thiazole rings is 1. The predicted octanol–water partition coefficient (Wildman–Crippen LogP) is 4.48. The maximum absolute atomic E-state index is 12.9. The van der Waals surface area contributed by atoms with Crippen molar-refractivity contribution in [3.8, 4) is 17.0 Å². The van der Waals surface area contributed by atoms with Crippen molar-refractivity contribution in [1.82, 2.24) is 15.7 Å². The van der Waals surface area contributed by atoms with Crippen molar-refractivity contribution in [3.63, 3.8) is 0 Å². The molecule has 2 aromatic carbocycles. The normalized spacial score (nSPS) is 10.2. The van der Waals surface area contributed by atoms with Gasteiger partial charge in [0.25, 0.3) is 0 Å². The molecule has 0 aliphatic rings. The molecule has 0 saturated carbocycles. The maximum Gasteiger partial charge on any atom is 0.347 e. The van der Waals surface area contributed by atoms with E-state index in [1.807, 2.05) is 54.8 Å². The third-order valence-corrected chi connectivity index (χ3v) is 4.87. The Hall–Kier alpha value is -3.59. The highest BCUT2D eigenvalue weighted by Crippen LogP contribution is 2.28. The summed E-state index contributed by atoms with van der Waals surface area (Å²) >= 11 is 1.25. The van der Waals surface area contributed by atoms with Gasteiger partial charge in [0.15, 0.2) is 0 Å². The van der Waals surface area contributed by atoms with Gasteiger partial charge in [-0.25, -0.2) is 20.0 Å². The van der Waals surface area contributed by atoms with Crippen molar-refractivity contribution in [3.05, 3.63) is 60.0 Å². The first-order valence-electron chi connectivity index (χ1n) is 9.41. The largest absolute Gasteiger partial charge is 0.497 e. The van der Waals surface area contributed by atoms with Gasteiger partial charge in [-0.1, -0.05) is 25.1 Å². The number of para-hydroxylation sites is 1. The van der Waals surface area contributed by atoms with Crippen LogP contribution in [0.1, 0.15) is 13.3 Å². The van der Waals surface area contributed by atoms with Crippen LogP contribution in [0.3, 0.4) is 0 Å². The Labute approximate surface area is 178 Å². The van der Waals surface area contributed by atoms with Crippen LogP contribution in [0.5, 0.6) is 5.75 Å². The zero-order valence-electron chi connectivity index (χ0n) is 16.7. The Balaban J connectivity index is 1.82. The molecule has 0 radical (unpaired) electrons. The average Bonchev–Trinajstić information content (AvgIpc) is 3.26. The van der Waals surface area contributed by atoms with Crippen LogP contribution >= 0.6 is 11.3 Å². The van der Waals surface area contributed by atoms with Crippen LogP contribution in [0, 0.1) is 0 Å². The molecule has 0 bridgehead atoms. The summed E-state index contributed by atoms with van der Waals surface area (Å²) in [4.78, 5) is 29.6. The third kappa shape index (κ3) is 5.48. The molecule has 3 rings (SSSR count). The van der Waals surface area contributed by atoms with Crippen LogP contribution < -0.4 is 25.8 Å². The van der Waals surface area contributed by atoms with Gasteiger partial charge in [-0.05, 0) is 42.8 Å². The van der Waals surface area contributed by atoms with Gasteiger partial charge in [-0.2, -0.15) is 5.01 Å². The predicted molar refractivity (Wildman–Crippen MR) is 119 cm³/mol. The minimum Gasteiger partial charge on any atom is -0.497 e. The molecule has 0 aliphatic heterocycles. The minimum absolute atomic E-state index is 0.334. The molecule has 156 valence electrons. The van der Waals surface area contributed by atoms with E-state index in [1.54, 1.807) is 19.2 Å². The van der Waals surface area contributed by atoms with E-state index in [0.29, 0.717) is 23.1 Å². The molecule has 0 spiro atoms. The lowest BCUT2D eigenvalue weighted by Crippen LogP contribution is -2.52. The number of benzene rings is 2. The van der Waals surface area contributed by atoms with Gasteiger partial charge in [0.1, 0.15) is 5.75 Å². The Kier molecular flexibility index (Phi) is 7.23. The lowest BCUT2D eigenvalue weighted by Gasteiger charge is -2.21. The molecule has 30 heavy (non-hydrogen) atoms. The van der Waals surface area contributed by atoms with Gasteiger partial charge in [0, 0.05) is 23.2 Å². The van der Waals surface area contributed by atoms with Gasteiger partial charge in [0.2, 0.25) is 5.13 Å². The number of amides is 4. The summed E-state index contributed by atoms with van der Waals surface area (Å²) in [6.07, 6.45) is 0.780. The zero-order chi connectivity index (χ0) is 21.3. The fourth-order valence-electron chi connectivity index (χ4n) is 2.53. The van der Waals surface area contributed by atoms with E-state index < -0.39 is 12.1 Å². The van der Waals surface area contributed by atoms with Crippen LogP contribution in [0.4, 0.5) is 20.4 Å². The molecule has 0 fully saturated rings. The van der Waals surface area contributed by atoms with Crippen molar-refractivity contribution in [1.29, 1.82) is 0 Å². The molecule has 9 heteroatoms. The van der Waals surface area contributed by atoms with E-state index in [9.17, 15) is 9.59 Å². The topological polar surface area (TPSA) is 95.6 Å². The highest BCUT2D eigenvalue weighted by Gasteiger charge is 2.22. The maximum atomic E-state index is 12.9. The number of urea groups is 2. The molecular formula is C21H23N5O3S. The number of aromatic nitrogens is 1. The average molecular weight is 426 g/mol. The summed E-state index contributed by atoms with van der Waals surface area (Å²) in [5.41, 5.74) is 4.74. The number of hydrogen-bond donors (Lipinski definition) is 3. The number of methoxy groups -OCH3 is 1. The number of nitrogens with zero attached hydrogens (tertiary/aromatic N) is 2. The first kappa shape index (κ1) is 21.1. The van der Waals surface area contributed by atoms with Gasteiger partial charge in [-0.15, -0.1) is 11.3 Å². The summed E-state index contributed by atoms with van der Waals surface area (Å²) in [6.45, 7) is 2.44. The Morgan fingerprint density at radius 2 is 1.83 bits per heavy atom. The number of rotatable bonds is 6. The van der Waals surface area contributed by atoms with Crippen molar-refractivity contribution < 1.29 is 14.3 Å². The Bertz CT molecular complexity index is 976. The summed E-state index contributed by atoms with van der Waals surface area (Å²) in [6, 6.07) is 15.4. The SMILES string of the molecule is CCCNC(=O)NN(C(=O)Nc1ccccc1)c1nc(-c2ccc(OC)cc2)cs1. The number of carbonyl (C=O) groups excluding carboxylic acids is 2. The minimum atomic E-state index is -0.525. The monoisotopic (exact) mass is 425 g/mol. The van der Waals surface area contributed by atoms with Crippen molar-refractivity contribution in [2.45, 2.75) is 13.3 Å². The smallest absolute Gasteiger partial charge is 0.347 e. The molecule has 0 saturated heterocycles. The Morgan fingerprint density at radius 1 is 1.10 bits per heavy atom. The van der Waals surface area contributed by atoms with E-state index in [0.717, 1.165) is 22.7 Å². The third-order valence-electron chi connectivity index (χ3n) is 4.05. The molecule has 3 aromatic rings. The second-order valence-corrected chi connectivity index (χ2v) is 7.08. The van der Waals surface area contributed by atoms with Gasteiger partial charge < -0.3 is 15.4 Å². The highest BCUT2D eigenvalue weighted by atomic mass is 32.1. The summed E-state index contributed by atoms with van der Waals surface area (Å²) in [5, 5.41) is 8.72. The molecule has 1 aromatic heterocycles. The van der Waals surface area contributed by atoms with Crippen molar-refractivity contribution >= 4 is 34.2 Å². The second kappa shape index (κ2) is 10.3. The van der Waals surface area contributed by atoms with E-state index >= 15 is 0 Å². The lowest BCUT2D eigenvalue weighted by molar-refractivity contribution is 0.235. The molecule has 0 unspecified atom stereocenters. The van der Waals surface area contributed by atoms with E-state index in [1.165, 1.54) is 11.3 Å². The summed E-state index contributed by atoms with van der Waals surface area (Å²) in [5.74, 6) is 0.743. The van der Waals surface area contributed by atoms with Crippen LogP contribution in [-0.4, -0.2) is 30.7 Å². The first-order chi connectivity index (χ1) is 14.6. The summed E-state index contributed by atoms with van der Waals surface area (Å²) < 4.78 is 5.18. The quantitative estimate of drug-likeness (QED) is 0.507. The van der Waals surface area contributed by atoms with Crippen molar-refractivity contribution in [2.75, 3.05) is 24.0 Å². The van der Waals surface area contributed by atoms with Crippen LogP contribution in [0.15, 0.2) is 60.0 Å². The first-order valence-corrected chi connectivity index (χ1v) is 10.3. The van der Waals surface area contributed by atoms with Crippen LogP contribution in [0.2, 0.25) is 0 Å². The van der Waals surface area contributed by atoms with Crippen molar-refractivity contribution in [2.24, 2.45) is 0 Å². The number of anilines is 2. The molecule has 8 nitrogen and oxygen atoms in total. The van der Waals surface area contributed by atoms with Gasteiger partial charge in [-0.3, -0.25) is 0 Å². The Morgan fingerprint density at radius 3 is 2.50 bits per heavy atom. The molecule has 4 amide bonds. The second-order valence-electron chi connectivity index (χ2n) is 6.24. The number of ether oxygens (including phenoxy) is 1. The lowest BCUT2D eigenvalue weighted by atomic mass is 10.2.